The molecule has 1 amide bonds. The maximum atomic E-state index is 13.1. The van der Waals surface area contributed by atoms with Crippen molar-refractivity contribution < 1.29 is 19.4 Å². The maximum absolute atomic E-state index is 13.1. The zero-order valence-electron chi connectivity index (χ0n) is 14.9. The molecule has 0 aromatic heterocycles. The molecule has 1 heterocycles. The summed E-state index contributed by atoms with van der Waals surface area (Å²) in [6.45, 7) is 2.12. The van der Waals surface area contributed by atoms with Crippen LogP contribution in [0.1, 0.15) is 33.6 Å². The first-order valence-electron chi connectivity index (χ1n) is 8.81. The number of benzene rings is 2. The molecule has 5 heteroatoms. The van der Waals surface area contributed by atoms with Crippen LogP contribution in [0.15, 0.2) is 48.5 Å². The fraction of sp³-hybridized carbons (Fsp3) is 0.333. The van der Waals surface area contributed by atoms with E-state index in [0.29, 0.717) is 35.7 Å². The van der Waals surface area contributed by atoms with E-state index in [1.807, 2.05) is 23.1 Å². The van der Waals surface area contributed by atoms with Crippen molar-refractivity contribution in [2.24, 2.45) is 5.92 Å². The molecule has 3 rings (SSSR count). The minimum atomic E-state index is -0.997. The topological polar surface area (TPSA) is 66.8 Å². The van der Waals surface area contributed by atoms with Gasteiger partial charge < -0.3 is 14.7 Å². The minimum absolute atomic E-state index is 0.0448. The van der Waals surface area contributed by atoms with E-state index in [-0.39, 0.29) is 11.5 Å². The number of hydrogen-bond acceptors (Lipinski definition) is 3. The number of methoxy groups -OCH3 is 1. The first-order valence-corrected chi connectivity index (χ1v) is 8.81. The van der Waals surface area contributed by atoms with Gasteiger partial charge in [-0.3, -0.25) is 4.79 Å². The van der Waals surface area contributed by atoms with Crippen LogP contribution >= 0.6 is 0 Å². The highest BCUT2D eigenvalue weighted by Crippen LogP contribution is 2.29. The van der Waals surface area contributed by atoms with Gasteiger partial charge in [0.15, 0.2) is 0 Å². The van der Waals surface area contributed by atoms with Gasteiger partial charge in [0.25, 0.3) is 5.91 Å². The van der Waals surface area contributed by atoms with Gasteiger partial charge in [-0.05, 0) is 42.0 Å². The van der Waals surface area contributed by atoms with Gasteiger partial charge in [0.2, 0.25) is 0 Å². The van der Waals surface area contributed by atoms with Gasteiger partial charge in [-0.2, -0.15) is 0 Å². The molecule has 2 aromatic rings. The van der Waals surface area contributed by atoms with E-state index in [0.717, 1.165) is 19.4 Å². The molecule has 26 heavy (non-hydrogen) atoms. The molecule has 1 saturated heterocycles. The Labute approximate surface area is 153 Å². The number of aromatic carboxylic acids is 1. The van der Waals surface area contributed by atoms with Crippen LogP contribution in [0, 0.1) is 5.92 Å². The summed E-state index contributed by atoms with van der Waals surface area (Å²) in [5.74, 6) is -0.549. The smallest absolute Gasteiger partial charge is 0.336 e. The summed E-state index contributed by atoms with van der Waals surface area (Å²) in [5.41, 5.74) is 1.98. The summed E-state index contributed by atoms with van der Waals surface area (Å²) in [7, 11) is 1.70. The Morgan fingerprint density at radius 1 is 1.00 bits per heavy atom. The lowest BCUT2D eigenvalue weighted by Crippen LogP contribution is -2.39. The number of nitrogens with zero attached hydrogens (tertiary/aromatic N) is 1. The molecule has 0 bridgehead atoms. The van der Waals surface area contributed by atoms with Crippen LogP contribution in [0.4, 0.5) is 0 Å². The van der Waals surface area contributed by atoms with Crippen LogP contribution in [0.25, 0.3) is 11.1 Å². The minimum Gasteiger partial charge on any atom is -0.478 e. The number of carboxylic acid groups (broad SMARTS) is 1. The van der Waals surface area contributed by atoms with Crippen molar-refractivity contribution >= 4 is 11.9 Å². The zero-order chi connectivity index (χ0) is 18.5. The Morgan fingerprint density at radius 2 is 1.54 bits per heavy atom. The Kier molecular flexibility index (Phi) is 5.68. The Bertz CT molecular complexity index is 794. The Morgan fingerprint density at radius 3 is 2.12 bits per heavy atom. The number of amides is 1. The summed E-state index contributed by atoms with van der Waals surface area (Å²) < 4.78 is 5.22. The molecule has 1 aliphatic heterocycles. The number of carbonyl (C=O) groups excluding carboxylic acids is 1. The number of carboxylic acids is 1. The molecule has 0 saturated carbocycles. The highest BCUT2D eigenvalue weighted by atomic mass is 16.5. The first-order chi connectivity index (χ1) is 12.6. The summed E-state index contributed by atoms with van der Waals surface area (Å²) in [6, 6.07) is 14.0. The van der Waals surface area contributed by atoms with E-state index in [4.69, 9.17) is 4.74 Å². The second kappa shape index (κ2) is 8.15. The molecule has 0 unspecified atom stereocenters. The molecular weight excluding hydrogens is 330 g/mol. The lowest BCUT2D eigenvalue weighted by Gasteiger charge is -2.32. The van der Waals surface area contributed by atoms with Crippen LogP contribution < -0.4 is 0 Å². The first kappa shape index (κ1) is 18.1. The third-order valence-electron chi connectivity index (χ3n) is 4.91. The molecule has 2 aromatic carbocycles. The van der Waals surface area contributed by atoms with Crippen molar-refractivity contribution in [3.63, 3.8) is 0 Å². The SMILES string of the molecule is COCC1CCN(C(=O)c2ccccc2-c2ccccc2C(=O)O)CC1. The number of rotatable bonds is 5. The fourth-order valence-electron chi connectivity index (χ4n) is 3.52. The molecular formula is C21H23NO4. The van der Waals surface area contributed by atoms with Crippen molar-refractivity contribution in [3.05, 3.63) is 59.7 Å². The van der Waals surface area contributed by atoms with Gasteiger partial charge in [-0.25, -0.2) is 4.79 Å². The molecule has 136 valence electrons. The molecule has 0 aliphatic carbocycles. The average Bonchev–Trinajstić information content (AvgIpc) is 2.68. The number of ether oxygens (including phenoxy) is 1. The largest absolute Gasteiger partial charge is 0.478 e. The van der Waals surface area contributed by atoms with E-state index in [2.05, 4.69) is 0 Å². The van der Waals surface area contributed by atoms with Crippen molar-refractivity contribution in [2.75, 3.05) is 26.8 Å². The molecule has 0 radical (unpaired) electrons. The van der Waals surface area contributed by atoms with Crippen molar-refractivity contribution in [1.82, 2.24) is 4.90 Å². The Hall–Kier alpha value is -2.66. The van der Waals surface area contributed by atoms with Gasteiger partial charge in [-0.1, -0.05) is 36.4 Å². The highest BCUT2D eigenvalue weighted by molar-refractivity contribution is 6.04. The summed E-state index contributed by atoms with van der Waals surface area (Å²) in [6.07, 6.45) is 1.85. The highest BCUT2D eigenvalue weighted by Gasteiger charge is 2.26. The lowest BCUT2D eigenvalue weighted by molar-refractivity contribution is 0.0613. The maximum Gasteiger partial charge on any atom is 0.336 e. The van der Waals surface area contributed by atoms with Crippen LogP contribution in [-0.2, 0) is 4.74 Å². The predicted molar refractivity (Wildman–Crippen MR) is 99.3 cm³/mol. The molecule has 1 N–H and O–H groups in total. The molecule has 0 atom stereocenters. The monoisotopic (exact) mass is 353 g/mol. The number of hydrogen-bond donors (Lipinski definition) is 1. The van der Waals surface area contributed by atoms with Gasteiger partial charge >= 0.3 is 5.97 Å². The molecule has 1 fully saturated rings. The van der Waals surface area contributed by atoms with Crippen molar-refractivity contribution in [2.45, 2.75) is 12.8 Å². The predicted octanol–water partition coefficient (Wildman–Crippen LogP) is 3.55. The van der Waals surface area contributed by atoms with Crippen LogP contribution in [0.5, 0.6) is 0 Å². The summed E-state index contributed by atoms with van der Waals surface area (Å²) in [5, 5.41) is 9.48. The quantitative estimate of drug-likeness (QED) is 0.893. The second-order valence-corrected chi connectivity index (χ2v) is 6.59. The van der Waals surface area contributed by atoms with Crippen LogP contribution in [-0.4, -0.2) is 48.7 Å². The lowest BCUT2D eigenvalue weighted by atomic mass is 9.93. The Balaban J connectivity index is 1.89. The number of carbonyl (C=O) groups is 2. The van der Waals surface area contributed by atoms with Crippen molar-refractivity contribution in [1.29, 1.82) is 0 Å². The second-order valence-electron chi connectivity index (χ2n) is 6.59. The number of piperidine rings is 1. The molecule has 0 spiro atoms. The van der Waals surface area contributed by atoms with E-state index in [1.54, 1.807) is 37.4 Å². The van der Waals surface area contributed by atoms with Crippen molar-refractivity contribution in [3.8, 4) is 11.1 Å². The summed E-state index contributed by atoms with van der Waals surface area (Å²) in [4.78, 5) is 26.5. The van der Waals surface area contributed by atoms with Crippen LogP contribution in [0.2, 0.25) is 0 Å². The zero-order valence-corrected chi connectivity index (χ0v) is 14.9. The molecule has 5 nitrogen and oxygen atoms in total. The normalized spacial score (nSPS) is 15.0. The third-order valence-corrected chi connectivity index (χ3v) is 4.91. The van der Waals surface area contributed by atoms with E-state index < -0.39 is 5.97 Å². The summed E-state index contributed by atoms with van der Waals surface area (Å²) >= 11 is 0. The van der Waals surface area contributed by atoms with E-state index in [9.17, 15) is 14.7 Å². The molecule has 1 aliphatic rings. The fourth-order valence-corrected chi connectivity index (χ4v) is 3.52. The standard InChI is InChI=1S/C21H23NO4/c1-26-14-15-10-12-22(13-11-15)20(23)18-8-4-2-6-16(18)17-7-3-5-9-19(17)21(24)25/h2-9,15H,10-14H2,1H3,(H,24,25). The van der Waals surface area contributed by atoms with Gasteiger partial charge in [0.1, 0.15) is 0 Å². The number of likely N-dealkylation sites (tertiary alicyclic amines) is 1. The van der Waals surface area contributed by atoms with E-state index >= 15 is 0 Å². The van der Waals surface area contributed by atoms with Gasteiger partial charge in [-0.15, -0.1) is 0 Å². The van der Waals surface area contributed by atoms with E-state index in [1.165, 1.54) is 0 Å². The van der Waals surface area contributed by atoms with Gasteiger partial charge in [0.05, 0.1) is 5.56 Å². The van der Waals surface area contributed by atoms with Crippen LogP contribution in [0.3, 0.4) is 0 Å². The van der Waals surface area contributed by atoms with Gasteiger partial charge in [0, 0.05) is 32.4 Å². The third kappa shape index (κ3) is 3.78. The average molecular weight is 353 g/mol.